The van der Waals surface area contributed by atoms with Crippen molar-refractivity contribution >= 4 is 27.6 Å². The minimum Gasteiger partial charge on any atom is -0.478 e. The highest BCUT2D eigenvalue weighted by molar-refractivity contribution is 7.13. The van der Waals surface area contributed by atoms with Gasteiger partial charge in [-0.25, -0.2) is 4.79 Å². The van der Waals surface area contributed by atoms with Crippen molar-refractivity contribution in [1.29, 1.82) is 0 Å². The summed E-state index contributed by atoms with van der Waals surface area (Å²) in [6.45, 7) is 3.60. The Kier molecular flexibility index (Phi) is 3.25. The molecule has 2 aromatic rings. The van der Waals surface area contributed by atoms with Gasteiger partial charge in [0.1, 0.15) is 0 Å². The van der Waals surface area contributed by atoms with Gasteiger partial charge in [-0.3, -0.25) is 0 Å². The lowest BCUT2D eigenvalue weighted by Crippen LogP contribution is -2.08. The van der Waals surface area contributed by atoms with Gasteiger partial charge in [-0.05, 0) is 29.6 Å². The van der Waals surface area contributed by atoms with E-state index < -0.39 is 17.7 Å². The first-order valence-electron chi connectivity index (χ1n) is 5.45. The van der Waals surface area contributed by atoms with Crippen molar-refractivity contribution < 1.29 is 23.1 Å². The molecule has 1 N–H and O–H groups in total. The minimum absolute atomic E-state index is 0.0705. The molecule has 0 aliphatic carbocycles. The van der Waals surface area contributed by atoms with Crippen LogP contribution in [0.25, 0.3) is 10.1 Å². The van der Waals surface area contributed by atoms with Gasteiger partial charge in [0.25, 0.3) is 0 Å². The van der Waals surface area contributed by atoms with Crippen LogP contribution in [0, 0.1) is 0 Å². The average molecular weight is 289 g/mol. The first-order chi connectivity index (χ1) is 8.71. The van der Waals surface area contributed by atoms with Crippen molar-refractivity contribution in [3.05, 3.63) is 29.0 Å². The Labute approximate surface area is 110 Å². The van der Waals surface area contributed by atoms with Crippen LogP contribution in [0.2, 0.25) is 0 Å². The number of halogens is 3. The van der Waals surface area contributed by atoms with Gasteiger partial charge in [0, 0.05) is 5.39 Å². The predicted molar refractivity (Wildman–Crippen MR) is 65.7 cm³/mol. The van der Waals surface area contributed by atoms with Crippen LogP contribution < -0.4 is 0 Å². The maximum Gasteiger partial charge on any atom is 0.416 e. The van der Waals surface area contributed by atoms with Gasteiger partial charge >= 0.3 is 12.1 Å². The zero-order valence-corrected chi connectivity index (χ0v) is 10.9. The van der Waals surface area contributed by atoms with Crippen molar-refractivity contribution in [3.63, 3.8) is 0 Å². The first-order valence-corrected chi connectivity index (χ1v) is 6.23. The molecule has 0 unspecified atom stereocenters. The van der Waals surface area contributed by atoms with E-state index in [-0.39, 0.29) is 21.6 Å². The number of nitrogens with zero attached hydrogens (tertiary/aromatic N) is 1. The molecule has 1 heterocycles. The Morgan fingerprint density at radius 1 is 1.37 bits per heavy atom. The third-order valence-corrected chi connectivity index (χ3v) is 3.62. The van der Waals surface area contributed by atoms with Gasteiger partial charge < -0.3 is 5.11 Å². The van der Waals surface area contributed by atoms with Crippen LogP contribution >= 0.6 is 11.5 Å². The summed E-state index contributed by atoms with van der Waals surface area (Å²) in [4.78, 5) is 11.1. The summed E-state index contributed by atoms with van der Waals surface area (Å²) in [7, 11) is 0. The third-order valence-electron chi connectivity index (χ3n) is 2.70. The normalized spacial score (nSPS) is 12.3. The molecule has 1 aromatic carbocycles. The van der Waals surface area contributed by atoms with E-state index in [1.54, 1.807) is 13.8 Å². The van der Waals surface area contributed by atoms with Gasteiger partial charge in [-0.2, -0.15) is 17.5 Å². The third kappa shape index (κ3) is 2.42. The van der Waals surface area contributed by atoms with Crippen LogP contribution in [0.15, 0.2) is 12.1 Å². The molecule has 0 aliphatic rings. The zero-order chi connectivity index (χ0) is 14.4. The number of hydrogen-bond acceptors (Lipinski definition) is 3. The van der Waals surface area contributed by atoms with Crippen LogP contribution in [-0.4, -0.2) is 15.4 Å². The van der Waals surface area contributed by atoms with E-state index in [0.717, 1.165) is 17.6 Å². The number of hydrogen-bond donors (Lipinski definition) is 1. The molecule has 0 spiro atoms. The van der Waals surface area contributed by atoms with E-state index in [1.807, 2.05) is 0 Å². The van der Waals surface area contributed by atoms with Gasteiger partial charge in [0.2, 0.25) is 0 Å². The van der Waals surface area contributed by atoms with Crippen LogP contribution in [0.1, 0.15) is 41.4 Å². The van der Waals surface area contributed by atoms with Crippen molar-refractivity contribution in [2.45, 2.75) is 25.9 Å². The molecule has 19 heavy (non-hydrogen) atoms. The molecule has 0 aliphatic heterocycles. The maximum absolute atomic E-state index is 12.8. The molecule has 1 aromatic heterocycles. The van der Waals surface area contributed by atoms with Crippen LogP contribution in [0.4, 0.5) is 13.2 Å². The predicted octanol–water partition coefficient (Wildman–Crippen LogP) is 4.14. The summed E-state index contributed by atoms with van der Waals surface area (Å²) in [6, 6.07) is 1.63. The lowest BCUT2D eigenvalue weighted by Gasteiger charge is -2.09. The summed E-state index contributed by atoms with van der Waals surface area (Å²) >= 11 is 0.918. The average Bonchev–Trinajstić information content (AvgIpc) is 2.69. The molecule has 0 radical (unpaired) electrons. The molecule has 0 bridgehead atoms. The number of alkyl halides is 3. The van der Waals surface area contributed by atoms with E-state index in [0.29, 0.717) is 11.8 Å². The lowest BCUT2D eigenvalue weighted by atomic mass is 10.0. The number of carboxylic acids is 1. The highest BCUT2D eigenvalue weighted by Crippen LogP contribution is 2.37. The Morgan fingerprint density at radius 2 is 2.00 bits per heavy atom. The molecular formula is C12H10F3NO2S. The van der Waals surface area contributed by atoms with E-state index >= 15 is 0 Å². The molecule has 7 heteroatoms. The van der Waals surface area contributed by atoms with Crippen LogP contribution in [-0.2, 0) is 6.18 Å². The van der Waals surface area contributed by atoms with E-state index in [9.17, 15) is 18.0 Å². The molecule has 2 rings (SSSR count). The number of aromatic carboxylic acids is 1. The van der Waals surface area contributed by atoms with Crippen molar-refractivity contribution in [3.8, 4) is 0 Å². The number of carbonyl (C=O) groups is 1. The standard InChI is InChI=1S/C12H10F3NO2S/c1-5(2)9-7-3-6(12(13,14)15)4-8(11(17)18)10(7)19-16-9/h3-5H,1-2H3,(H,17,18). The summed E-state index contributed by atoms with van der Waals surface area (Å²) in [5.74, 6) is -1.45. The first kappa shape index (κ1) is 13.8. The number of aromatic nitrogens is 1. The number of fused-ring (bicyclic) bond motifs is 1. The minimum atomic E-state index is -4.57. The highest BCUT2D eigenvalue weighted by Gasteiger charge is 2.33. The second-order valence-corrected chi connectivity index (χ2v) is 5.20. The Bertz CT molecular complexity index is 646. The van der Waals surface area contributed by atoms with Gasteiger partial charge in [-0.15, -0.1) is 0 Å². The molecule has 0 fully saturated rings. The second kappa shape index (κ2) is 4.48. The maximum atomic E-state index is 12.8. The molecule has 3 nitrogen and oxygen atoms in total. The fourth-order valence-corrected chi connectivity index (χ4v) is 2.81. The monoisotopic (exact) mass is 289 g/mol. The van der Waals surface area contributed by atoms with Crippen molar-refractivity contribution in [2.75, 3.05) is 0 Å². The number of rotatable bonds is 2. The highest BCUT2D eigenvalue weighted by atomic mass is 32.1. The summed E-state index contributed by atoms with van der Waals surface area (Å²) in [5.41, 5.74) is -0.817. The Morgan fingerprint density at radius 3 is 2.47 bits per heavy atom. The topological polar surface area (TPSA) is 50.2 Å². The fourth-order valence-electron chi connectivity index (χ4n) is 1.80. The van der Waals surface area contributed by atoms with Gasteiger partial charge in [0.05, 0.1) is 21.5 Å². The SMILES string of the molecule is CC(C)c1nsc2c(C(=O)O)cc(C(F)(F)F)cc12. The van der Waals surface area contributed by atoms with Crippen molar-refractivity contribution in [2.24, 2.45) is 0 Å². The Balaban J connectivity index is 2.83. The number of benzene rings is 1. The van der Waals surface area contributed by atoms with Gasteiger partial charge in [-0.1, -0.05) is 13.8 Å². The van der Waals surface area contributed by atoms with E-state index in [1.165, 1.54) is 0 Å². The van der Waals surface area contributed by atoms with Gasteiger partial charge in [0.15, 0.2) is 0 Å². The van der Waals surface area contributed by atoms with E-state index in [2.05, 4.69) is 4.37 Å². The van der Waals surface area contributed by atoms with Crippen LogP contribution in [0.5, 0.6) is 0 Å². The molecule has 0 saturated carbocycles. The fraction of sp³-hybridized carbons (Fsp3) is 0.333. The molecule has 0 amide bonds. The van der Waals surface area contributed by atoms with Crippen LogP contribution in [0.3, 0.4) is 0 Å². The largest absolute Gasteiger partial charge is 0.478 e. The number of carboxylic acid groups (broad SMARTS) is 1. The smallest absolute Gasteiger partial charge is 0.416 e. The second-order valence-electron chi connectivity index (χ2n) is 4.43. The quantitative estimate of drug-likeness (QED) is 0.904. The molecule has 0 saturated heterocycles. The summed E-state index contributed by atoms with van der Waals surface area (Å²) < 4.78 is 42.7. The van der Waals surface area contributed by atoms with Crippen molar-refractivity contribution in [1.82, 2.24) is 4.37 Å². The summed E-state index contributed by atoms with van der Waals surface area (Å²) in [5, 5.41) is 9.30. The molecule has 0 atom stereocenters. The zero-order valence-electron chi connectivity index (χ0n) is 10.1. The molecule has 102 valence electrons. The Hall–Kier alpha value is -1.63. The molecular weight excluding hydrogens is 279 g/mol. The van der Waals surface area contributed by atoms with E-state index in [4.69, 9.17) is 5.11 Å². The summed E-state index contributed by atoms with van der Waals surface area (Å²) in [6.07, 6.45) is -4.57. The lowest BCUT2D eigenvalue weighted by molar-refractivity contribution is -0.137.